The molecule has 2 N–H and O–H groups in total. The number of rotatable bonds is 5. The van der Waals surface area contributed by atoms with Crippen molar-refractivity contribution in [1.82, 2.24) is 0 Å². The predicted molar refractivity (Wildman–Crippen MR) is 51.0 cm³/mol. The Hall–Kier alpha value is -1.88. The van der Waals surface area contributed by atoms with Gasteiger partial charge in [-0.1, -0.05) is 0 Å². The topological polar surface area (TPSA) is 83.8 Å². The summed E-state index contributed by atoms with van der Waals surface area (Å²) in [4.78, 5) is 21.2. The molecule has 1 rings (SSSR count). The number of ketones is 1. The van der Waals surface area contributed by atoms with Gasteiger partial charge in [0.05, 0.1) is 0 Å². The van der Waals surface area contributed by atoms with E-state index in [1.807, 2.05) is 0 Å². The minimum absolute atomic E-state index is 0.361. The third-order valence-electron chi connectivity index (χ3n) is 1.68. The number of hydrogen-bond donors (Lipinski definition) is 2. The first-order chi connectivity index (χ1) is 7.13. The molecule has 0 radical (unpaired) electrons. The van der Waals surface area contributed by atoms with Crippen LogP contribution < -0.4 is 4.74 Å². The average Bonchev–Trinajstić information content (AvgIpc) is 2.26. The van der Waals surface area contributed by atoms with Crippen molar-refractivity contribution in [3.05, 3.63) is 29.8 Å². The van der Waals surface area contributed by atoms with Gasteiger partial charge in [0.25, 0.3) is 0 Å². The molecule has 0 fully saturated rings. The van der Waals surface area contributed by atoms with Gasteiger partial charge < -0.3 is 14.9 Å². The number of aliphatic hydroxyl groups excluding tert-OH is 1. The van der Waals surface area contributed by atoms with Gasteiger partial charge in [-0.05, 0) is 24.3 Å². The third kappa shape index (κ3) is 3.40. The van der Waals surface area contributed by atoms with Crippen LogP contribution in [0.2, 0.25) is 0 Å². The van der Waals surface area contributed by atoms with Crippen LogP contribution in [-0.2, 0) is 4.79 Å². The van der Waals surface area contributed by atoms with Crippen molar-refractivity contribution >= 4 is 11.8 Å². The molecule has 0 amide bonds. The number of aliphatic carboxylic acids is 1. The number of carboxylic acid groups (broad SMARTS) is 1. The van der Waals surface area contributed by atoms with Gasteiger partial charge in [0.15, 0.2) is 12.4 Å². The lowest BCUT2D eigenvalue weighted by Gasteiger charge is -2.03. The number of carbonyl (C=O) groups excluding carboxylic acids is 1. The summed E-state index contributed by atoms with van der Waals surface area (Å²) in [6.45, 7) is -0.970. The summed E-state index contributed by atoms with van der Waals surface area (Å²) in [5.41, 5.74) is 0.361. The minimum Gasteiger partial charge on any atom is -0.482 e. The van der Waals surface area contributed by atoms with Crippen LogP contribution in [0.3, 0.4) is 0 Å². The van der Waals surface area contributed by atoms with E-state index in [4.69, 9.17) is 14.9 Å². The van der Waals surface area contributed by atoms with Gasteiger partial charge in [-0.15, -0.1) is 0 Å². The number of carbonyl (C=O) groups is 2. The molecule has 0 aliphatic carbocycles. The Morgan fingerprint density at radius 1 is 1.20 bits per heavy atom. The van der Waals surface area contributed by atoms with Crippen molar-refractivity contribution in [3.63, 3.8) is 0 Å². The number of aliphatic hydroxyl groups is 1. The first kappa shape index (κ1) is 11.2. The van der Waals surface area contributed by atoms with Crippen molar-refractivity contribution < 1.29 is 24.5 Å². The summed E-state index contributed by atoms with van der Waals surface area (Å²) < 4.78 is 4.86. The molecule has 0 spiro atoms. The van der Waals surface area contributed by atoms with E-state index in [9.17, 15) is 9.59 Å². The summed E-state index contributed by atoms with van der Waals surface area (Å²) in [6, 6.07) is 5.89. The predicted octanol–water partition coefficient (Wildman–Crippen LogP) is 0.325. The number of hydrogen-bond acceptors (Lipinski definition) is 4. The van der Waals surface area contributed by atoms with Gasteiger partial charge in [0, 0.05) is 5.56 Å². The van der Waals surface area contributed by atoms with Crippen molar-refractivity contribution in [2.24, 2.45) is 0 Å². The summed E-state index contributed by atoms with van der Waals surface area (Å²) in [7, 11) is 0. The maximum atomic E-state index is 11.0. The highest BCUT2D eigenvalue weighted by molar-refractivity contribution is 5.96. The summed E-state index contributed by atoms with van der Waals surface area (Å²) in [5, 5.41) is 16.9. The van der Waals surface area contributed by atoms with Crippen LogP contribution in [0.1, 0.15) is 10.4 Å². The van der Waals surface area contributed by atoms with Crippen molar-refractivity contribution in [2.75, 3.05) is 13.2 Å². The molecule has 5 nitrogen and oxygen atoms in total. The molecule has 1 aromatic carbocycles. The highest BCUT2D eigenvalue weighted by atomic mass is 16.5. The van der Waals surface area contributed by atoms with Crippen molar-refractivity contribution in [3.8, 4) is 5.75 Å². The van der Waals surface area contributed by atoms with Gasteiger partial charge in [0.1, 0.15) is 12.4 Å². The molecule has 0 aromatic heterocycles. The van der Waals surface area contributed by atoms with Gasteiger partial charge in [-0.2, -0.15) is 0 Å². The van der Waals surface area contributed by atoms with E-state index in [-0.39, 0.29) is 5.78 Å². The largest absolute Gasteiger partial charge is 0.482 e. The molecule has 0 saturated carbocycles. The molecule has 0 heterocycles. The number of carboxylic acids is 1. The molecule has 0 atom stereocenters. The molecule has 0 unspecified atom stereocenters. The van der Waals surface area contributed by atoms with E-state index in [1.54, 1.807) is 0 Å². The fourth-order valence-electron chi connectivity index (χ4n) is 0.973. The van der Waals surface area contributed by atoms with Crippen LogP contribution >= 0.6 is 0 Å². The van der Waals surface area contributed by atoms with Crippen molar-refractivity contribution in [1.29, 1.82) is 0 Å². The lowest BCUT2D eigenvalue weighted by molar-refractivity contribution is -0.139. The van der Waals surface area contributed by atoms with Crippen LogP contribution in [0.5, 0.6) is 5.75 Å². The number of ether oxygens (including phenoxy) is 1. The van der Waals surface area contributed by atoms with E-state index < -0.39 is 19.2 Å². The number of Topliss-reactive ketones (excluding diaryl/α,β-unsaturated/α-hetero) is 1. The minimum atomic E-state index is -1.06. The lowest BCUT2D eigenvalue weighted by Crippen LogP contribution is -2.09. The van der Waals surface area contributed by atoms with E-state index >= 15 is 0 Å². The highest BCUT2D eigenvalue weighted by Gasteiger charge is 2.04. The van der Waals surface area contributed by atoms with Gasteiger partial charge >= 0.3 is 5.97 Å². The van der Waals surface area contributed by atoms with Crippen LogP contribution in [-0.4, -0.2) is 35.2 Å². The van der Waals surface area contributed by atoms with Gasteiger partial charge in [-0.3, -0.25) is 4.79 Å². The van der Waals surface area contributed by atoms with E-state index in [1.165, 1.54) is 24.3 Å². The monoisotopic (exact) mass is 210 g/mol. The highest BCUT2D eigenvalue weighted by Crippen LogP contribution is 2.12. The van der Waals surface area contributed by atoms with E-state index in [2.05, 4.69) is 0 Å². The van der Waals surface area contributed by atoms with Gasteiger partial charge in [-0.25, -0.2) is 4.79 Å². The molecule has 5 heteroatoms. The summed E-state index contributed by atoms with van der Waals surface area (Å²) in [6.07, 6.45) is 0. The molecular formula is C10H10O5. The van der Waals surface area contributed by atoms with Crippen LogP contribution in [0, 0.1) is 0 Å². The zero-order valence-corrected chi connectivity index (χ0v) is 7.84. The van der Waals surface area contributed by atoms with E-state index in [0.29, 0.717) is 11.3 Å². The Bertz CT molecular complexity index is 355. The fourth-order valence-corrected chi connectivity index (χ4v) is 0.973. The Labute approximate surface area is 85.9 Å². The fraction of sp³-hybridized carbons (Fsp3) is 0.200. The van der Waals surface area contributed by atoms with Crippen LogP contribution in [0.4, 0.5) is 0 Å². The standard InChI is InChI=1S/C10H10O5/c11-5-9(12)7-1-3-8(4-2-7)15-6-10(13)14/h1-4,11H,5-6H2,(H,13,14). The Balaban J connectivity index is 2.64. The Morgan fingerprint density at radius 2 is 1.80 bits per heavy atom. The first-order valence-electron chi connectivity index (χ1n) is 4.22. The zero-order chi connectivity index (χ0) is 11.3. The van der Waals surface area contributed by atoms with Gasteiger partial charge in [0.2, 0.25) is 0 Å². The van der Waals surface area contributed by atoms with Crippen molar-refractivity contribution in [2.45, 2.75) is 0 Å². The second kappa shape index (κ2) is 5.11. The molecule has 80 valence electrons. The molecule has 0 aliphatic rings. The quantitative estimate of drug-likeness (QED) is 0.684. The molecule has 1 aromatic rings. The smallest absolute Gasteiger partial charge is 0.341 e. The summed E-state index contributed by atoms with van der Waals surface area (Å²) >= 11 is 0. The van der Waals surface area contributed by atoms with Crippen LogP contribution in [0.25, 0.3) is 0 Å². The SMILES string of the molecule is O=C(O)COc1ccc(C(=O)CO)cc1. The normalized spacial score (nSPS) is 9.67. The maximum absolute atomic E-state index is 11.0. The average molecular weight is 210 g/mol. The third-order valence-corrected chi connectivity index (χ3v) is 1.68. The first-order valence-corrected chi connectivity index (χ1v) is 4.22. The Kier molecular flexibility index (Phi) is 3.82. The zero-order valence-electron chi connectivity index (χ0n) is 7.84. The summed E-state index contributed by atoms with van der Waals surface area (Å²) in [5.74, 6) is -1.09. The number of benzene rings is 1. The molecule has 15 heavy (non-hydrogen) atoms. The molecule has 0 bridgehead atoms. The second-order valence-corrected chi connectivity index (χ2v) is 2.79. The molecule has 0 aliphatic heterocycles. The van der Waals surface area contributed by atoms with E-state index in [0.717, 1.165) is 0 Å². The maximum Gasteiger partial charge on any atom is 0.341 e. The molecular weight excluding hydrogens is 200 g/mol. The second-order valence-electron chi connectivity index (χ2n) is 2.79. The lowest BCUT2D eigenvalue weighted by atomic mass is 10.1. The van der Waals surface area contributed by atoms with Crippen LogP contribution in [0.15, 0.2) is 24.3 Å². The molecule has 0 saturated heterocycles. The Morgan fingerprint density at radius 3 is 2.27 bits per heavy atom.